The van der Waals surface area contributed by atoms with Crippen molar-refractivity contribution >= 4 is 0 Å². The molecule has 1 aliphatic heterocycles. The van der Waals surface area contributed by atoms with Gasteiger partial charge in [0.2, 0.25) is 0 Å². The molecule has 11 heavy (non-hydrogen) atoms. The van der Waals surface area contributed by atoms with Gasteiger partial charge in [-0.15, -0.1) is 0 Å². The SMILES string of the molecule is CC(C)(C)C12CNCCC1C2. The Morgan fingerprint density at radius 1 is 1.36 bits per heavy atom. The van der Waals surface area contributed by atoms with Crippen molar-refractivity contribution in [3.05, 3.63) is 0 Å². The monoisotopic (exact) mass is 153 g/mol. The lowest BCUT2D eigenvalue weighted by molar-refractivity contribution is 0.165. The van der Waals surface area contributed by atoms with E-state index in [4.69, 9.17) is 0 Å². The van der Waals surface area contributed by atoms with Gasteiger partial charge < -0.3 is 5.32 Å². The van der Waals surface area contributed by atoms with E-state index in [-0.39, 0.29) is 0 Å². The molecule has 2 atom stereocenters. The first-order valence-corrected chi connectivity index (χ1v) is 4.77. The number of hydrogen-bond donors (Lipinski definition) is 1. The van der Waals surface area contributed by atoms with Crippen LogP contribution in [-0.2, 0) is 0 Å². The summed E-state index contributed by atoms with van der Waals surface area (Å²) in [6.07, 6.45) is 2.89. The first kappa shape index (κ1) is 7.60. The summed E-state index contributed by atoms with van der Waals surface area (Å²) in [6, 6.07) is 0. The maximum atomic E-state index is 3.52. The smallest absolute Gasteiger partial charge is 0.00156 e. The van der Waals surface area contributed by atoms with Gasteiger partial charge in [0.05, 0.1) is 0 Å². The second-order valence-corrected chi connectivity index (χ2v) is 5.27. The van der Waals surface area contributed by atoms with Gasteiger partial charge in [0.25, 0.3) is 0 Å². The van der Waals surface area contributed by atoms with Gasteiger partial charge in [0.15, 0.2) is 0 Å². The summed E-state index contributed by atoms with van der Waals surface area (Å²) >= 11 is 0. The summed E-state index contributed by atoms with van der Waals surface area (Å²) in [5.74, 6) is 1.05. The molecule has 2 fully saturated rings. The largest absolute Gasteiger partial charge is 0.316 e. The third-order valence-corrected chi connectivity index (χ3v) is 3.84. The molecule has 1 N–H and O–H groups in total. The van der Waals surface area contributed by atoms with E-state index in [9.17, 15) is 0 Å². The molecule has 64 valence electrons. The molecule has 2 unspecified atom stereocenters. The number of fused-ring (bicyclic) bond motifs is 1. The van der Waals surface area contributed by atoms with Crippen LogP contribution in [0.2, 0.25) is 0 Å². The van der Waals surface area contributed by atoms with E-state index in [1.165, 1.54) is 25.9 Å². The standard InChI is InChI=1S/C10H19N/c1-9(2,3)10-6-8(10)4-5-11-7-10/h8,11H,4-7H2,1-3H3. The van der Waals surface area contributed by atoms with Crippen LogP contribution in [0.1, 0.15) is 33.6 Å². The van der Waals surface area contributed by atoms with Gasteiger partial charge in [-0.05, 0) is 36.1 Å². The van der Waals surface area contributed by atoms with Crippen LogP contribution >= 0.6 is 0 Å². The van der Waals surface area contributed by atoms with Gasteiger partial charge in [-0.25, -0.2) is 0 Å². The lowest BCUT2D eigenvalue weighted by Gasteiger charge is -2.35. The lowest BCUT2D eigenvalue weighted by Crippen LogP contribution is -2.39. The van der Waals surface area contributed by atoms with Crippen LogP contribution in [0.4, 0.5) is 0 Å². The molecule has 1 heteroatoms. The molecule has 0 amide bonds. The van der Waals surface area contributed by atoms with Crippen LogP contribution < -0.4 is 5.32 Å². The molecule has 1 heterocycles. The molecular formula is C10H19N. The van der Waals surface area contributed by atoms with Crippen molar-refractivity contribution in [2.45, 2.75) is 33.6 Å². The summed E-state index contributed by atoms with van der Waals surface area (Å²) in [6.45, 7) is 9.68. The number of nitrogens with one attached hydrogen (secondary N) is 1. The maximum absolute atomic E-state index is 3.52. The fourth-order valence-electron chi connectivity index (χ4n) is 2.75. The first-order chi connectivity index (χ1) is 5.06. The fraction of sp³-hybridized carbons (Fsp3) is 1.00. The zero-order valence-corrected chi connectivity index (χ0v) is 7.91. The predicted molar refractivity (Wildman–Crippen MR) is 47.5 cm³/mol. The molecule has 0 aromatic rings. The van der Waals surface area contributed by atoms with E-state index in [2.05, 4.69) is 26.1 Å². The van der Waals surface area contributed by atoms with E-state index < -0.39 is 0 Å². The minimum Gasteiger partial charge on any atom is -0.316 e. The highest BCUT2D eigenvalue weighted by Crippen LogP contribution is 2.65. The molecular weight excluding hydrogens is 134 g/mol. The van der Waals surface area contributed by atoms with Gasteiger partial charge >= 0.3 is 0 Å². The van der Waals surface area contributed by atoms with Crippen LogP contribution in [-0.4, -0.2) is 13.1 Å². The van der Waals surface area contributed by atoms with Crippen molar-refractivity contribution < 1.29 is 0 Å². The Kier molecular flexibility index (Phi) is 1.39. The molecule has 0 radical (unpaired) electrons. The molecule has 0 bridgehead atoms. The molecule has 1 saturated heterocycles. The predicted octanol–water partition coefficient (Wildman–Crippen LogP) is 2.03. The van der Waals surface area contributed by atoms with Crippen molar-refractivity contribution in [1.29, 1.82) is 0 Å². The van der Waals surface area contributed by atoms with Crippen molar-refractivity contribution in [2.75, 3.05) is 13.1 Å². The van der Waals surface area contributed by atoms with Gasteiger partial charge in [0.1, 0.15) is 0 Å². The van der Waals surface area contributed by atoms with Crippen LogP contribution in [0, 0.1) is 16.7 Å². The highest BCUT2D eigenvalue weighted by atomic mass is 14.9. The van der Waals surface area contributed by atoms with E-state index in [1.807, 2.05) is 0 Å². The molecule has 2 aliphatic rings. The minimum absolute atomic E-state index is 0.519. The number of hydrogen-bond acceptors (Lipinski definition) is 1. The molecule has 0 spiro atoms. The average Bonchev–Trinajstić information content (AvgIpc) is 2.59. The summed E-state index contributed by atoms with van der Waals surface area (Å²) in [7, 11) is 0. The Morgan fingerprint density at radius 3 is 2.55 bits per heavy atom. The summed E-state index contributed by atoms with van der Waals surface area (Å²) in [5.41, 5.74) is 1.19. The second kappa shape index (κ2) is 2.01. The fourth-order valence-corrected chi connectivity index (χ4v) is 2.75. The normalized spacial score (nSPS) is 43.4. The Morgan fingerprint density at radius 2 is 2.09 bits per heavy atom. The topological polar surface area (TPSA) is 12.0 Å². The van der Waals surface area contributed by atoms with Gasteiger partial charge in [0, 0.05) is 6.54 Å². The Bertz CT molecular complexity index is 168. The third kappa shape index (κ3) is 0.936. The zero-order chi connectivity index (χ0) is 8.11. The summed E-state index contributed by atoms with van der Waals surface area (Å²) < 4.78 is 0. The Hall–Kier alpha value is -0.0400. The van der Waals surface area contributed by atoms with E-state index in [0.29, 0.717) is 10.8 Å². The van der Waals surface area contributed by atoms with Gasteiger partial charge in [-0.1, -0.05) is 20.8 Å². The highest BCUT2D eigenvalue weighted by molar-refractivity contribution is 5.11. The maximum Gasteiger partial charge on any atom is 0.00156 e. The number of rotatable bonds is 0. The van der Waals surface area contributed by atoms with Crippen LogP contribution in [0.5, 0.6) is 0 Å². The zero-order valence-electron chi connectivity index (χ0n) is 7.91. The third-order valence-electron chi connectivity index (χ3n) is 3.84. The Balaban J connectivity index is 2.13. The summed E-state index contributed by atoms with van der Waals surface area (Å²) in [4.78, 5) is 0. The Labute approximate surface area is 69.6 Å². The van der Waals surface area contributed by atoms with E-state index in [0.717, 1.165) is 5.92 Å². The van der Waals surface area contributed by atoms with Crippen LogP contribution in [0.15, 0.2) is 0 Å². The quantitative estimate of drug-likeness (QED) is 0.561. The average molecular weight is 153 g/mol. The molecule has 1 nitrogen and oxygen atoms in total. The van der Waals surface area contributed by atoms with Crippen LogP contribution in [0.25, 0.3) is 0 Å². The second-order valence-electron chi connectivity index (χ2n) is 5.27. The van der Waals surface area contributed by atoms with Gasteiger partial charge in [-0.3, -0.25) is 0 Å². The van der Waals surface area contributed by atoms with Crippen molar-refractivity contribution in [3.63, 3.8) is 0 Å². The molecule has 1 saturated carbocycles. The van der Waals surface area contributed by atoms with Gasteiger partial charge in [-0.2, -0.15) is 0 Å². The summed E-state index contributed by atoms with van der Waals surface area (Å²) in [5, 5.41) is 3.52. The molecule has 0 aromatic heterocycles. The first-order valence-electron chi connectivity index (χ1n) is 4.77. The minimum atomic E-state index is 0.519. The van der Waals surface area contributed by atoms with Crippen molar-refractivity contribution in [1.82, 2.24) is 5.32 Å². The number of piperidine rings is 1. The molecule has 1 aliphatic carbocycles. The van der Waals surface area contributed by atoms with Crippen molar-refractivity contribution in [2.24, 2.45) is 16.7 Å². The molecule has 2 rings (SSSR count). The molecule has 0 aromatic carbocycles. The van der Waals surface area contributed by atoms with Crippen molar-refractivity contribution in [3.8, 4) is 0 Å². The lowest BCUT2D eigenvalue weighted by atomic mass is 9.74. The van der Waals surface area contributed by atoms with E-state index in [1.54, 1.807) is 0 Å². The highest BCUT2D eigenvalue weighted by Gasteiger charge is 2.60. The van der Waals surface area contributed by atoms with Crippen LogP contribution in [0.3, 0.4) is 0 Å². The van der Waals surface area contributed by atoms with E-state index >= 15 is 0 Å².